The minimum absolute atomic E-state index is 0.150. The van der Waals surface area contributed by atoms with Crippen LogP contribution in [-0.4, -0.2) is 58.4 Å². The molecule has 0 aliphatic carbocycles. The van der Waals surface area contributed by atoms with Crippen molar-refractivity contribution in [2.45, 2.75) is 0 Å². The average molecular weight is 285 g/mol. The SMILES string of the molecule is O=C(O)C=Cc1ccc(C(=O)N(CCO)CCO)s1. The zero-order chi connectivity index (χ0) is 14.3. The molecule has 1 amide bonds. The van der Waals surface area contributed by atoms with Crippen molar-refractivity contribution in [1.29, 1.82) is 0 Å². The highest BCUT2D eigenvalue weighted by Gasteiger charge is 2.16. The number of carboxylic acids is 1. The molecule has 0 fully saturated rings. The van der Waals surface area contributed by atoms with Crippen LogP contribution in [0.15, 0.2) is 18.2 Å². The number of aliphatic hydroxyl groups excluding tert-OH is 2. The first-order chi connectivity index (χ1) is 9.08. The highest BCUT2D eigenvalue weighted by atomic mass is 32.1. The Balaban J connectivity index is 2.78. The summed E-state index contributed by atoms with van der Waals surface area (Å²) in [6.07, 6.45) is 2.41. The Labute approximate surface area is 114 Å². The molecule has 6 nitrogen and oxygen atoms in total. The lowest BCUT2D eigenvalue weighted by molar-refractivity contribution is -0.131. The molecule has 0 saturated carbocycles. The molecule has 3 N–H and O–H groups in total. The van der Waals surface area contributed by atoms with Crippen molar-refractivity contribution in [3.05, 3.63) is 28.0 Å². The van der Waals surface area contributed by atoms with Crippen LogP contribution in [0.3, 0.4) is 0 Å². The number of hydrogen-bond acceptors (Lipinski definition) is 5. The molecule has 0 aliphatic rings. The van der Waals surface area contributed by atoms with E-state index in [-0.39, 0.29) is 32.2 Å². The topological polar surface area (TPSA) is 98.1 Å². The Hall–Kier alpha value is -1.70. The second-order valence-corrected chi connectivity index (χ2v) is 4.73. The van der Waals surface area contributed by atoms with Crippen molar-refractivity contribution < 1.29 is 24.9 Å². The lowest BCUT2D eigenvalue weighted by Gasteiger charge is -2.19. The standard InChI is InChI=1S/C12H15NO5S/c14-7-5-13(6-8-15)12(18)10-3-1-9(19-10)2-4-11(16)17/h1-4,14-15H,5-8H2,(H,16,17). The Morgan fingerprint density at radius 2 is 1.84 bits per heavy atom. The number of amides is 1. The van der Waals surface area contributed by atoms with Crippen LogP contribution >= 0.6 is 11.3 Å². The fraction of sp³-hybridized carbons (Fsp3) is 0.333. The van der Waals surface area contributed by atoms with Gasteiger partial charge in [-0.1, -0.05) is 0 Å². The van der Waals surface area contributed by atoms with E-state index >= 15 is 0 Å². The smallest absolute Gasteiger partial charge is 0.328 e. The summed E-state index contributed by atoms with van der Waals surface area (Å²) in [5.41, 5.74) is 0. The zero-order valence-corrected chi connectivity index (χ0v) is 11.0. The van der Waals surface area contributed by atoms with Gasteiger partial charge in [0, 0.05) is 24.0 Å². The van der Waals surface area contributed by atoms with E-state index in [1.165, 1.54) is 11.0 Å². The first-order valence-electron chi connectivity index (χ1n) is 5.60. The first-order valence-corrected chi connectivity index (χ1v) is 6.42. The monoisotopic (exact) mass is 285 g/mol. The number of nitrogens with zero attached hydrogens (tertiary/aromatic N) is 1. The summed E-state index contributed by atoms with van der Waals surface area (Å²) in [4.78, 5) is 24.9. The normalized spacial score (nSPS) is 10.8. The molecule has 0 saturated heterocycles. The molecule has 0 aliphatic heterocycles. The van der Waals surface area contributed by atoms with Gasteiger partial charge in [0.05, 0.1) is 18.1 Å². The third-order valence-corrected chi connectivity index (χ3v) is 3.29. The van der Waals surface area contributed by atoms with Crippen molar-refractivity contribution >= 4 is 29.3 Å². The maximum Gasteiger partial charge on any atom is 0.328 e. The highest BCUT2D eigenvalue weighted by Crippen LogP contribution is 2.19. The van der Waals surface area contributed by atoms with Gasteiger partial charge in [0.2, 0.25) is 0 Å². The van der Waals surface area contributed by atoms with Crippen molar-refractivity contribution in [2.75, 3.05) is 26.3 Å². The van der Waals surface area contributed by atoms with Crippen LogP contribution in [0.25, 0.3) is 6.08 Å². The van der Waals surface area contributed by atoms with E-state index in [4.69, 9.17) is 15.3 Å². The molecule has 104 valence electrons. The molecular formula is C12H15NO5S. The Bertz CT molecular complexity index is 462. The van der Waals surface area contributed by atoms with E-state index in [1.807, 2.05) is 0 Å². The Morgan fingerprint density at radius 1 is 1.21 bits per heavy atom. The molecule has 19 heavy (non-hydrogen) atoms. The van der Waals surface area contributed by atoms with E-state index in [2.05, 4.69) is 0 Å². The van der Waals surface area contributed by atoms with E-state index in [0.717, 1.165) is 17.4 Å². The number of aliphatic hydroxyl groups is 2. The predicted octanol–water partition coefficient (Wildman–Crippen LogP) is 0.273. The molecule has 0 bridgehead atoms. The van der Waals surface area contributed by atoms with Crippen molar-refractivity contribution in [1.82, 2.24) is 4.90 Å². The van der Waals surface area contributed by atoms with Gasteiger partial charge >= 0.3 is 5.97 Å². The minimum Gasteiger partial charge on any atom is -0.478 e. The molecule has 0 radical (unpaired) electrons. The third-order valence-electron chi connectivity index (χ3n) is 2.25. The molecule has 0 aromatic carbocycles. The molecule has 7 heteroatoms. The summed E-state index contributed by atoms with van der Waals surface area (Å²) in [5, 5.41) is 26.2. The molecule has 1 aromatic heterocycles. The molecule has 1 rings (SSSR count). The number of rotatable bonds is 7. The average Bonchev–Trinajstić information content (AvgIpc) is 2.84. The van der Waals surface area contributed by atoms with Crippen LogP contribution < -0.4 is 0 Å². The Kier molecular flexibility index (Phi) is 6.20. The summed E-state index contributed by atoms with van der Waals surface area (Å²) < 4.78 is 0. The summed E-state index contributed by atoms with van der Waals surface area (Å²) in [7, 11) is 0. The number of carbonyl (C=O) groups is 2. The van der Waals surface area contributed by atoms with Crippen molar-refractivity contribution in [3.8, 4) is 0 Å². The number of hydrogen-bond donors (Lipinski definition) is 3. The quantitative estimate of drug-likeness (QED) is 0.625. The molecule has 0 atom stereocenters. The second kappa shape index (κ2) is 7.67. The van der Waals surface area contributed by atoms with Gasteiger partial charge in [0.15, 0.2) is 0 Å². The van der Waals surface area contributed by atoms with E-state index in [0.29, 0.717) is 9.75 Å². The number of aliphatic carboxylic acids is 1. The van der Waals surface area contributed by atoms with Gasteiger partial charge in [-0.15, -0.1) is 11.3 Å². The number of carbonyl (C=O) groups excluding carboxylic acids is 1. The second-order valence-electron chi connectivity index (χ2n) is 3.61. The van der Waals surface area contributed by atoms with Gasteiger partial charge in [-0.25, -0.2) is 4.79 Å². The predicted molar refractivity (Wildman–Crippen MR) is 71.1 cm³/mol. The summed E-state index contributed by atoms with van der Waals surface area (Å²) >= 11 is 1.16. The fourth-order valence-corrected chi connectivity index (χ4v) is 2.30. The summed E-state index contributed by atoms with van der Waals surface area (Å²) in [5.74, 6) is -1.34. The van der Waals surface area contributed by atoms with Gasteiger partial charge in [0.25, 0.3) is 5.91 Å². The van der Waals surface area contributed by atoms with E-state index in [1.54, 1.807) is 12.1 Å². The molecule has 1 aromatic rings. The van der Waals surface area contributed by atoms with Crippen LogP contribution in [0, 0.1) is 0 Å². The third kappa shape index (κ3) is 4.82. The van der Waals surface area contributed by atoms with Crippen LogP contribution in [-0.2, 0) is 4.79 Å². The number of thiophene rings is 1. The van der Waals surface area contributed by atoms with Gasteiger partial charge in [-0.05, 0) is 18.2 Å². The lowest BCUT2D eigenvalue weighted by atomic mass is 10.3. The van der Waals surface area contributed by atoms with E-state index in [9.17, 15) is 9.59 Å². The highest BCUT2D eigenvalue weighted by molar-refractivity contribution is 7.14. The molecule has 0 spiro atoms. The van der Waals surface area contributed by atoms with Crippen LogP contribution in [0.1, 0.15) is 14.5 Å². The maximum atomic E-state index is 12.0. The number of carboxylic acid groups (broad SMARTS) is 1. The maximum absolute atomic E-state index is 12.0. The van der Waals surface area contributed by atoms with Gasteiger partial charge in [-0.2, -0.15) is 0 Å². The van der Waals surface area contributed by atoms with Crippen molar-refractivity contribution in [2.24, 2.45) is 0 Å². The lowest BCUT2D eigenvalue weighted by Crippen LogP contribution is -2.35. The van der Waals surface area contributed by atoms with Gasteiger partial charge in [-0.3, -0.25) is 4.79 Å². The van der Waals surface area contributed by atoms with Crippen molar-refractivity contribution in [3.63, 3.8) is 0 Å². The molecular weight excluding hydrogens is 270 g/mol. The van der Waals surface area contributed by atoms with Crippen LogP contribution in [0.4, 0.5) is 0 Å². The molecule has 1 heterocycles. The van der Waals surface area contributed by atoms with E-state index < -0.39 is 5.97 Å². The zero-order valence-electron chi connectivity index (χ0n) is 10.2. The van der Waals surface area contributed by atoms with Crippen LogP contribution in [0.5, 0.6) is 0 Å². The first kappa shape index (κ1) is 15.4. The van der Waals surface area contributed by atoms with Gasteiger partial charge in [0.1, 0.15) is 0 Å². The largest absolute Gasteiger partial charge is 0.478 e. The summed E-state index contributed by atoms with van der Waals surface area (Å²) in [6, 6.07) is 3.24. The fourth-order valence-electron chi connectivity index (χ4n) is 1.42. The summed E-state index contributed by atoms with van der Waals surface area (Å²) in [6.45, 7) is -0.0546. The van der Waals surface area contributed by atoms with Crippen LogP contribution in [0.2, 0.25) is 0 Å². The Morgan fingerprint density at radius 3 is 2.37 bits per heavy atom. The minimum atomic E-state index is -1.05. The van der Waals surface area contributed by atoms with Gasteiger partial charge < -0.3 is 20.2 Å². The molecule has 0 unspecified atom stereocenters.